The van der Waals surface area contributed by atoms with E-state index in [1.54, 1.807) is 12.4 Å². The van der Waals surface area contributed by atoms with Crippen molar-refractivity contribution in [1.29, 1.82) is 0 Å². The molecule has 1 spiro atoms. The normalized spacial score (nSPS) is 28.2. The van der Waals surface area contributed by atoms with Gasteiger partial charge in [0.2, 0.25) is 0 Å². The maximum atomic E-state index is 17.8. The third-order valence-corrected chi connectivity index (χ3v) is 19.3. The van der Waals surface area contributed by atoms with Gasteiger partial charge in [-0.2, -0.15) is 15.1 Å². The second-order valence-corrected chi connectivity index (χ2v) is 24.6. The number of nitrogens with zero attached hydrogens (tertiary/aromatic N) is 7. The maximum Gasteiger partial charge on any atom is 0.319 e. The molecule has 1 aliphatic carbocycles. The summed E-state index contributed by atoms with van der Waals surface area (Å²) in [6, 6.07) is 1.98. The number of aliphatic hydroxyl groups is 1. The Balaban J connectivity index is 1.16. The van der Waals surface area contributed by atoms with Crippen LogP contribution >= 0.6 is 11.6 Å². The van der Waals surface area contributed by atoms with Gasteiger partial charge in [-0.25, -0.2) is 13.5 Å². The Hall–Kier alpha value is -3.01. The summed E-state index contributed by atoms with van der Waals surface area (Å²) in [5, 5.41) is 16.8. The number of piperidine rings is 1. The summed E-state index contributed by atoms with van der Waals surface area (Å²) in [6.07, 6.45) is 10.9. The van der Waals surface area contributed by atoms with Crippen LogP contribution in [0.1, 0.15) is 96.8 Å². The summed E-state index contributed by atoms with van der Waals surface area (Å²) in [5.41, 5.74) is 1.83. The third-order valence-electron chi connectivity index (χ3n) is 14.4. The molecule has 1 aromatic carbocycles. The molecule has 5 fully saturated rings. The first-order valence-electron chi connectivity index (χ1n) is 21.4. The van der Waals surface area contributed by atoms with Gasteiger partial charge in [-0.1, -0.05) is 32.4 Å². The lowest BCUT2D eigenvalue weighted by molar-refractivity contribution is -0.0396. The van der Waals surface area contributed by atoms with E-state index in [0.29, 0.717) is 60.9 Å². The van der Waals surface area contributed by atoms with Crippen LogP contribution in [0.15, 0.2) is 18.5 Å². The molecule has 4 aromatic rings. The highest BCUT2D eigenvalue weighted by atomic mass is 35.5. The van der Waals surface area contributed by atoms with Crippen molar-refractivity contribution in [3.8, 4) is 17.3 Å². The molecule has 5 aliphatic rings. The van der Waals surface area contributed by atoms with Crippen molar-refractivity contribution in [2.45, 2.75) is 134 Å². The van der Waals surface area contributed by atoms with E-state index in [-0.39, 0.29) is 46.6 Å². The molecular weight excluding hydrogens is 780 g/mol. The van der Waals surface area contributed by atoms with E-state index in [1.807, 2.05) is 10.7 Å². The molecule has 11 nitrogen and oxygen atoms in total. The fourth-order valence-corrected chi connectivity index (χ4v) is 11.6. The van der Waals surface area contributed by atoms with Crippen LogP contribution in [0.2, 0.25) is 23.2 Å². The Kier molecular flexibility index (Phi) is 10.6. The number of alkyl halides is 1. The number of fused-ring (bicyclic) bond motifs is 3. The summed E-state index contributed by atoms with van der Waals surface area (Å²) in [5.74, 6) is -0.0329. The highest BCUT2D eigenvalue weighted by Gasteiger charge is 2.50. The minimum Gasteiger partial charge on any atom is -0.461 e. The zero-order valence-corrected chi connectivity index (χ0v) is 36.4. The van der Waals surface area contributed by atoms with E-state index >= 15 is 4.39 Å². The molecule has 314 valence electrons. The smallest absolute Gasteiger partial charge is 0.319 e. The summed E-state index contributed by atoms with van der Waals surface area (Å²) in [6.45, 7) is 15.0. The van der Waals surface area contributed by atoms with Gasteiger partial charge in [0.05, 0.1) is 28.7 Å². The van der Waals surface area contributed by atoms with Crippen LogP contribution in [0.3, 0.4) is 0 Å². The van der Waals surface area contributed by atoms with Crippen LogP contribution < -0.4 is 9.64 Å². The van der Waals surface area contributed by atoms with E-state index in [1.165, 1.54) is 0 Å². The number of hydrogen-bond donors (Lipinski definition) is 1. The molecule has 0 bridgehead atoms. The maximum absolute atomic E-state index is 17.8. The first-order chi connectivity index (χ1) is 27.7. The Morgan fingerprint density at radius 1 is 1.05 bits per heavy atom. The molecule has 15 heteroatoms. The monoisotopic (exact) mass is 837 g/mol. The molecule has 1 saturated carbocycles. The topological polar surface area (TPSA) is 111 Å². The molecule has 4 saturated heterocycles. The van der Waals surface area contributed by atoms with Crippen molar-refractivity contribution in [2.24, 2.45) is 5.41 Å². The molecule has 9 rings (SSSR count). The molecular formula is C43H58ClF2N7O4Si. The fraction of sp³-hybridized carbons (Fsp3) is 0.674. The molecule has 0 radical (unpaired) electrons. The van der Waals surface area contributed by atoms with Crippen molar-refractivity contribution in [3.05, 3.63) is 34.9 Å². The van der Waals surface area contributed by atoms with Gasteiger partial charge in [0, 0.05) is 61.4 Å². The molecule has 58 heavy (non-hydrogen) atoms. The quantitative estimate of drug-likeness (QED) is 0.156. The fourth-order valence-electron chi connectivity index (χ4n) is 10.3. The van der Waals surface area contributed by atoms with Crippen molar-refractivity contribution < 1.29 is 27.8 Å². The minimum absolute atomic E-state index is 0.0127. The van der Waals surface area contributed by atoms with Gasteiger partial charge in [0.1, 0.15) is 29.8 Å². The van der Waals surface area contributed by atoms with Gasteiger partial charge in [0.25, 0.3) is 0 Å². The van der Waals surface area contributed by atoms with Crippen molar-refractivity contribution in [2.75, 3.05) is 50.9 Å². The molecule has 7 heterocycles. The van der Waals surface area contributed by atoms with Crippen LogP contribution in [0.25, 0.3) is 33.1 Å². The van der Waals surface area contributed by atoms with E-state index in [9.17, 15) is 9.50 Å². The predicted octanol–water partition coefficient (Wildman–Crippen LogP) is 8.79. The van der Waals surface area contributed by atoms with Gasteiger partial charge in [-0.3, -0.25) is 9.88 Å². The number of aliphatic hydroxyl groups excluding tert-OH is 1. The number of hydrogen-bond acceptors (Lipinski definition) is 10. The van der Waals surface area contributed by atoms with E-state index < -0.39 is 25.8 Å². The van der Waals surface area contributed by atoms with Crippen LogP contribution in [0.5, 0.6) is 6.01 Å². The van der Waals surface area contributed by atoms with Gasteiger partial charge in [0.15, 0.2) is 20.4 Å². The Morgan fingerprint density at radius 3 is 2.62 bits per heavy atom. The first kappa shape index (κ1) is 40.4. The number of rotatable bonds is 10. The molecule has 3 atom stereocenters. The number of ether oxygens (including phenoxy) is 2. The second kappa shape index (κ2) is 15.2. The van der Waals surface area contributed by atoms with E-state index in [4.69, 9.17) is 45.6 Å². The Bertz CT molecular complexity index is 2180. The number of halogens is 3. The lowest BCUT2D eigenvalue weighted by atomic mass is 9.62. The average molecular weight is 839 g/mol. The number of aromatic nitrogens is 5. The van der Waals surface area contributed by atoms with Crippen LogP contribution in [0.4, 0.5) is 14.6 Å². The standard InChI is InChI=1S/C43H58ClF2N7O4Si/c1-41(2,3)58(4,5)57-17-11-29-32(44)18-33-30(23-48-53(33)34-10-6-7-16-55-34)35(29)38-36(46)37-31(22-47-38)39(51-14-8-12-42(25-51)20-28(54)21-42)50-40(49-37)56-26-43-13-9-15-52(43)24-27(45)19-43/h18,22-23,27-28,34,54H,6-17,19-21,24-26H2,1-5H3/t27-,28?,34+,42?,43+/m1/s1. The molecule has 0 amide bonds. The summed E-state index contributed by atoms with van der Waals surface area (Å²) in [4.78, 5) is 19.1. The van der Waals surface area contributed by atoms with Crippen LogP contribution in [-0.2, 0) is 15.6 Å². The number of benzene rings is 1. The Morgan fingerprint density at radius 2 is 1.86 bits per heavy atom. The lowest BCUT2D eigenvalue weighted by Crippen LogP contribution is -2.52. The van der Waals surface area contributed by atoms with Crippen molar-refractivity contribution in [1.82, 2.24) is 29.6 Å². The van der Waals surface area contributed by atoms with Gasteiger partial charge >= 0.3 is 6.01 Å². The Labute approximate surface area is 345 Å². The summed E-state index contributed by atoms with van der Waals surface area (Å²) < 4.78 is 53.7. The van der Waals surface area contributed by atoms with E-state index in [2.05, 4.69) is 43.7 Å². The second-order valence-electron chi connectivity index (χ2n) is 19.4. The third kappa shape index (κ3) is 7.20. The van der Waals surface area contributed by atoms with E-state index in [0.717, 1.165) is 87.3 Å². The van der Waals surface area contributed by atoms with Gasteiger partial charge in [-0.05, 0) is 106 Å². The van der Waals surface area contributed by atoms with Crippen LogP contribution in [-0.4, -0.2) is 107 Å². The average Bonchev–Trinajstić information content (AvgIpc) is 3.86. The SMILES string of the molecule is CC(C)(C)[Si](C)(C)OCCc1c(Cl)cc2c(cnn2[C@@H]2CCCCO2)c1-c1ncc2c(N3CCCC4(CC(O)C4)C3)nc(OC[C@@]34CCCN3C[C@H](F)C4)nc2c1F. The molecule has 4 aliphatic heterocycles. The van der Waals surface area contributed by atoms with Crippen LogP contribution in [0, 0.1) is 11.2 Å². The lowest BCUT2D eigenvalue weighted by Gasteiger charge is -2.51. The van der Waals surface area contributed by atoms with Gasteiger partial charge < -0.3 is 23.9 Å². The number of pyridine rings is 1. The summed E-state index contributed by atoms with van der Waals surface area (Å²) in [7, 11) is -2.10. The zero-order chi connectivity index (χ0) is 40.6. The number of anilines is 1. The zero-order valence-electron chi connectivity index (χ0n) is 34.6. The van der Waals surface area contributed by atoms with Crippen molar-refractivity contribution >= 4 is 47.5 Å². The van der Waals surface area contributed by atoms with Gasteiger partial charge in [-0.15, -0.1) is 0 Å². The minimum atomic E-state index is -2.10. The summed E-state index contributed by atoms with van der Waals surface area (Å²) >= 11 is 7.23. The highest BCUT2D eigenvalue weighted by Crippen LogP contribution is 2.49. The van der Waals surface area contributed by atoms with Crippen molar-refractivity contribution in [3.63, 3.8) is 0 Å². The first-order valence-corrected chi connectivity index (χ1v) is 24.7. The molecule has 3 aromatic heterocycles. The molecule has 1 N–H and O–H groups in total. The largest absolute Gasteiger partial charge is 0.461 e. The molecule has 0 unspecified atom stereocenters. The predicted molar refractivity (Wildman–Crippen MR) is 224 cm³/mol. The highest BCUT2D eigenvalue weighted by molar-refractivity contribution is 6.74.